The van der Waals surface area contributed by atoms with Crippen LogP contribution in [0.5, 0.6) is 0 Å². The van der Waals surface area contributed by atoms with Crippen molar-refractivity contribution in [2.45, 2.75) is 45.3 Å². The van der Waals surface area contributed by atoms with Crippen LogP contribution in [0.25, 0.3) is 0 Å². The Balaban J connectivity index is 2.16. The molecule has 0 radical (unpaired) electrons. The predicted molar refractivity (Wildman–Crippen MR) is 57.4 cm³/mol. The van der Waals surface area contributed by atoms with Crippen molar-refractivity contribution in [2.24, 2.45) is 5.92 Å². The van der Waals surface area contributed by atoms with Crippen LogP contribution in [0.1, 0.15) is 33.1 Å². The molecule has 88 valence electrons. The zero-order chi connectivity index (χ0) is 11.3. The summed E-state index contributed by atoms with van der Waals surface area (Å²) in [4.78, 5) is 11.3. The number of carbonyl (C=O) groups is 1. The average molecular weight is 215 g/mol. The summed E-state index contributed by atoms with van der Waals surface area (Å²) < 4.78 is 4.89. The van der Waals surface area contributed by atoms with E-state index in [1.807, 2.05) is 6.92 Å². The summed E-state index contributed by atoms with van der Waals surface area (Å²) in [5.41, 5.74) is 0. The Kier molecular flexibility index (Phi) is 5.05. The minimum absolute atomic E-state index is 0.144. The van der Waals surface area contributed by atoms with Gasteiger partial charge in [-0.2, -0.15) is 0 Å². The summed E-state index contributed by atoms with van der Waals surface area (Å²) in [5, 5.41) is 12.5. The molecule has 0 bridgehead atoms. The van der Waals surface area contributed by atoms with Crippen molar-refractivity contribution in [3.8, 4) is 0 Å². The maximum absolute atomic E-state index is 11.3. The van der Waals surface area contributed by atoms with E-state index in [9.17, 15) is 9.90 Å². The van der Waals surface area contributed by atoms with Crippen LogP contribution < -0.4 is 5.32 Å². The van der Waals surface area contributed by atoms with Crippen molar-refractivity contribution >= 4 is 5.97 Å². The first-order valence-corrected chi connectivity index (χ1v) is 5.71. The molecule has 0 aromatic rings. The third-order valence-corrected chi connectivity index (χ3v) is 2.87. The Morgan fingerprint density at radius 3 is 2.87 bits per heavy atom. The summed E-state index contributed by atoms with van der Waals surface area (Å²) in [6.07, 6.45) is 2.64. The van der Waals surface area contributed by atoms with Crippen molar-refractivity contribution in [2.75, 3.05) is 13.2 Å². The van der Waals surface area contributed by atoms with E-state index in [1.54, 1.807) is 6.92 Å². The van der Waals surface area contributed by atoms with Gasteiger partial charge >= 0.3 is 5.97 Å². The highest BCUT2D eigenvalue weighted by molar-refractivity contribution is 5.75. The molecule has 1 fully saturated rings. The number of ether oxygens (including phenoxy) is 1. The Morgan fingerprint density at radius 2 is 2.33 bits per heavy atom. The topological polar surface area (TPSA) is 58.6 Å². The molecule has 3 unspecified atom stereocenters. The molecule has 0 saturated heterocycles. The second kappa shape index (κ2) is 6.08. The molecule has 1 rings (SSSR count). The molecule has 1 saturated carbocycles. The molecule has 0 aromatic carbocycles. The van der Waals surface area contributed by atoms with E-state index in [1.165, 1.54) is 0 Å². The molecule has 4 heteroatoms. The van der Waals surface area contributed by atoms with E-state index >= 15 is 0 Å². The van der Waals surface area contributed by atoms with Gasteiger partial charge in [-0.25, -0.2) is 0 Å². The Hall–Kier alpha value is -0.610. The highest BCUT2D eigenvalue weighted by Gasteiger charge is 2.23. The molecule has 3 atom stereocenters. The molecular weight excluding hydrogens is 194 g/mol. The van der Waals surface area contributed by atoms with Gasteiger partial charge < -0.3 is 15.2 Å². The summed E-state index contributed by atoms with van der Waals surface area (Å²) >= 11 is 0. The van der Waals surface area contributed by atoms with Crippen molar-refractivity contribution in [1.82, 2.24) is 5.32 Å². The standard InChI is InChI=1S/C11H21NO3/c1-3-15-11(14)8(2)12-7-9-4-5-10(13)6-9/h8-10,12-13H,3-7H2,1-2H3. The lowest BCUT2D eigenvalue weighted by molar-refractivity contribution is -0.145. The van der Waals surface area contributed by atoms with Gasteiger partial charge in [0.2, 0.25) is 0 Å². The summed E-state index contributed by atoms with van der Waals surface area (Å²) in [6.45, 7) is 4.82. The molecule has 15 heavy (non-hydrogen) atoms. The van der Waals surface area contributed by atoms with E-state index in [-0.39, 0.29) is 18.1 Å². The molecule has 4 nitrogen and oxygen atoms in total. The van der Waals surface area contributed by atoms with Crippen LogP contribution in [-0.4, -0.2) is 36.4 Å². The average Bonchev–Trinajstić information content (AvgIpc) is 2.61. The first-order chi connectivity index (χ1) is 7.13. The van der Waals surface area contributed by atoms with Gasteiger partial charge in [0.25, 0.3) is 0 Å². The first kappa shape index (κ1) is 12.5. The number of aliphatic hydroxyl groups is 1. The number of hydrogen-bond donors (Lipinski definition) is 2. The van der Waals surface area contributed by atoms with Crippen molar-refractivity contribution in [3.05, 3.63) is 0 Å². The smallest absolute Gasteiger partial charge is 0.322 e. The van der Waals surface area contributed by atoms with Crippen molar-refractivity contribution < 1.29 is 14.6 Å². The summed E-state index contributed by atoms with van der Waals surface area (Å²) in [7, 11) is 0. The lowest BCUT2D eigenvalue weighted by Gasteiger charge is -2.15. The molecule has 0 spiro atoms. The van der Waals surface area contributed by atoms with Crippen molar-refractivity contribution in [1.29, 1.82) is 0 Å². The molecule has 1 aliphatic rings. The number of nitrogens with one attached hydrogen (secondary N) is 1. The molecule has 0 heterocycles. The minimum Gasteiger partial charge on any atom is -0.465 e. The van der Waals surface area contributed by atoms with Gasteiger partial charge in [0.05, 0.1) is 12.7 Å². The van der Waals surface area contributed by atoms with E-state index < -0.39 is 0 Å². The molecular formula is C11H21NO3. The number of carbonyl (C=O) groups excluding carboxylic acids is 1. The first-order valence-electron chi connectivity index (χ1n) is 5.71. The quantitative estimate of drug-likeness (QED) is 0.662. The molecule has 0 aliphatic heterocycles. The number of aliphatic hydroxyl groups excluding tert-OH is 1. The zero-order valence-corrected chi connectivity index (χ0v) is 9.53. The SMILES string of the molecule is CCOC(=O)C(C)NCC1CCC(O)C1. The van der Waals surface area contributed by atoms with Gasteiger partial charge in [-0.15, -0.1) is 0 Å². The minimum atomic E-state index is -0.248. The lowest BCUT2D eigenvalue weighted by Crippen LogP contribution is -2.38. The van der Waals surface area contributed by atoms with Crippen LogP contribution >= 0.6 is 0 Å². The molecule has 0 amide bonds. The summed E-state index contributed by atoms with van der Waals surface area (Å²) in [5.74, 6) is 0.299. The highest BCUT2D eigenvalue weighted by atomic mass is 16.5. The molecule has 2 N–H and O–H groups in total. The second-order valence-electron chi connectivity index (χ2n) is 4.21. The van der Waals surface area contributed by atoms with Crippen molar-refractivity contribution in [3.63, 3.8) is 0 Å². The van der Waals surface area contributed by atoms with Gasteiger partial charge in [0.15, 0.2) is 0 Å². The van der Waals surface area contributed by atoms with Crippen LogP contribution in [0, 0.1) is 5.92 Å². The van der Waals surface area contributed by atoms with Crippen LogP contribution in [0.4, 0.5) is 0 Å². The van der Waals surface area contributed by atoms with Crippen LogP contribution in [-0.2, 0) is 9.53 Å². The van der Waals surface area contributed by atoms with Gasteiger partial charge in [0, 0.05) is 0 Å². The van der Waals surface area contributed by atoms with Crippen LogP contribution in [0.3, 0.4) is 0 Å². The maximum atomic E-state index is 11.3. The monoisotopic (exact) mass is 215 g/mol. The van der Waals surface area contributed by atoms with Gasteiger partial charge in [0.1, 0.15) is 6.04 Å². The Morgan fingerprint density at radius 1 is 1.60 bits per heavy atom. The lowest BCUT2D eigenvalue weighted by atomic mass is 10.1. The Labute approximate surface area is 91.0 Å². The third-order valence-electron chi connectivity index (χ3n) is 2.87. The molecule has 0 aromatic heterocycles. The predicted octanol–water partition coefficient (Wildman–Crippen LogP) is 0.689. The third kappa shape index (κ3) is 4.18. The van der Waals surface area contributed by atoms with E-state index in [4.69, 9.17) is 4.74 Å². The fourth-order valence-corrected chi connectivity index (χ4v) is 1.93. The zero-order valence-electron chi connectivity index (χ0n) is 9.53. The fraction of sp³-hybridized carbons (Fsp3) is 0.909. The van der Waals surface area contributed by atoms with E-state index in [0.29, 0.717) is 12.5 Å². The normalized spacial score (nSPS) is 27.7. The van der Waals surface area contributed by atoms with Gasteiger partial charge in [-0.1, -0.05) is 0 Å². The fourth-order valence-electron chi connectivity index (χ4n) is 1.93. The maximum Gasteiger partial charge on any atom is 0.322 e. The van der Waals surface area contributed by atoms with Crippen LogP contribution in [0.2, 0.25) is 0 Å². The highest BCUT2D eigenvalue weighted by Crippen LogP contribution is 2.24. The van der Waals surface area contributed by atoms with Gasteiger partial charge in [-0.3, -0.25) is 4.79 Å². The van der Waals surface area contributed by atoms with E-state index in [0.717, 1.165) is 25.8 Å². The molecule has 1 aliphatic carbocycles. The largest absolute Gasteiger partial charge is 0.465 e. The van der Waals surface area contributed by atoms with E-state index in [2.05, 4.69) is 5.32 Å². The number of rotatable bonds is 5. The summed E-state index contributed by atoms with van der Waals surface area (Å²) in [6, 6.07) is -0.248. The van der Waals surface area contributed by atoms with Crippen LogP contribution in [0.15, 0.2) is 0 Å². The number of esters is 1. The second-order valence-corrected chi connectivity index (χ2v) is 4.21. The Bertz CT molecular complexity index is 208. The number of hydrogen-bond acceptors (Lipinski definition) is 4. The van der Waals surface area contributed by atoms with Gasteiger partial charge in [-0.05, 0) is 45.6 Å².